The van der Waals surface area contributed by atoms with Gasteiger partial charge in [-0.25, -0.2) is 14.6 Å². The maximum absolute atomic E-state index is 12.3. The van der Waals surface area contributed by atoms with Gasteiger partial charge in [-0.2, -0.15) is 0 Å². The summed E-state index contributed by atoms with van der Waals surface area (Å²) in [6.45, 7) is 3.87. The molecule has 0 atom stereocenters. The Balaban J connectivity index is 1.23. The van der Waals surface area contributed by atoms with E-state index >= 15 is 0 Å². The minimum Gasteiger partial charge on any atom is -0.492 e. The molecule has 0 radical (unpaired) electrons. The third-order valence-corrected chi connectivity index (χ3v) is 5.29. The van der Waals surface area contributed by atoms with Gasteiger partial charge in [-0.3, -0.25) is 4.90 Å². The lowest BCUT2D eigenvalue weighted by Crippen LogP contribution is -2.25. The number of carboxylic acid groups (broad SMARTS) is 1. The van der Waals surface area contributed by atoms with E-state index in [1.54, 1.807) is 42.5 Å². The van der Waals surface area contributed by atoms with E-state index < -0.39 is 5.97 Å². The summed E-state index contributed by atoms with van der Waals surface area (Å²) < 4.78 is 11.4. The average molecular weight is 463 g/mol. The Labute approximate surface area is 197 Å². The Hall–Kier alpha value is -4.11. The van der Waals surface area contributed by atoms with Crippen LogP contribution in [-0.2, 0) is 0 Å². The molecule has 4 rings (SSSR count). The van der Waals surface area contributed by atoms with Gasteiger partial charge in [-0.15, -0.1) is 0 Å². The molecule has 176 valence electrons. The van der Waals surface area contributed by atoms with Crippen molar-refractivity contribution in [1.82, 2.24) is 9.88 Å². The van der Waals surface area contributed by atoms with Gasteiger partial charge < -0.3 is 25.2 Å². The van der Waals surface area contributed by atoms with Crippen molar-refractivity contribution in [2.75, 3.05) is 36.9 Å². The number of aromatic nitrogens is 1. The molecular formula is C25H26N4O5. The summed E-state index contributed by atoms with van der Waals surface area (Å²) in [5, 5.41) is 14.6. The average Bonchev–Trinajstić information content (AvgIpc) is 3.35. The number of urea groups is 1. The molecule has 3 aromatic rings. The Morgan fingerprint density at radius 3 is 2.12 bits per heavy atom. The molecule has 9 heteroatoms. The molecule has 0 spiro atoms. The van der Waals surface area contributed by atoms with Gasteiger partial charge in [-0.1, -0.05) is 0 Å². The third-order valence-electron chi connectivity index (χ3n) is 5.29. The first-order chi connectivity index (χ1) is 16.5. The molecule has 2 amide bonds. The first-order valence-corrected chi connectivity index (χ1v) is 11.1. The number of pyridine rings is 1. The topological polar surface area (TPSA) is 113 Å². The van der Waals surface area contributed by atoms with Crippen LogP contribution in [0.2, 0.25) is 0 Å². The molecular weight excluding hydrogens is 436 g/mol. The maximum Gasteiger partial charge on any atom is 0.354 e. The number of likely N-dealkylation sites (tertiary alicyclic amines) is 1. The second-order valence-corrected chi connectivity index (χ2v) is 7.81. The summed E-state index contributed by atoms with van der Waals surface area (Å²) in [4.78, 5) is 29.5. The Bertz CT molecular complexity index is 1110. The minimum absolute atomic E-state index is 0.103. The first kappa shape index (κ1) is 23.1. The highest BCUT2D eigenvalue weighted by atomic mass is 16.5. The fourth-order valence-electron chi connectivity index (χ4n) is 3.56. The lowest BCUT2D eigenvalue weighted by Gasteiger charge is -2.15. The number of carboxylic acids is 1. The smallest absolute Gasteiger partial charge is 0.354 e. The van der Waals surface area contributed by atoms with Gasteiger partial charge in [-0.05, 0) is 80.5 Å². The van der Waals surface area contributed by atoms with Crippen molar-refractivity contribution in [3.8, 4) is 17.2 Å². The lowest BCUT2D eigenvalue weighted by molar-refractivity contribution is 0.0690. The van der Waals surface area contributed by atoms with E-state index in [1.165, 1.54) is 25.1 Å². The van der Waals surface area contributed by atoms with Crippen molar-refractivity contribution in [1.29, 1.82) is 0 Å². The number of ether oxygens (including phenoxy) is 2. The Morgan fingerprint density at radius 2 is 1.50 bits per heavy atom. The van der Waals surface area contributed by atoms with Crippen LogP contribution in [0.4, 0.5) is 16.2 Å². The van der Waals surface area contributed by atoms with E-state index in [0.717, 1.165) is 25.4 Å². The second-order valence-electron chi connectivity index (χ2n) is 7.81. The molecule has 3 N–H and O–H groups in total. The van der Waals surface area contributed by atoms with Crippen LogP contribution < -0.4 is 20.1 Å². The zero-order chi connectivity index (χ0) is 23.8. The van der Waals surface area contributed by atoms with E-state index in [-0.39, 0.29) is 11.7 Å². The van der Waals surface area contributed by atoms with Crippen LogP contribution in [0.1, 0.15) is 23.3 Å². The number of aromatic carboxylic acids is 1. The van der Waals surface area contributed by atoms with Crippen LogP contribution in [0.25, 0.3) is 0 Å². The fourth-order valence-corrected chi connectivity index (χ4v) is 3.56. The van der Waals surface area contributed by atoms with Crippen LogP contribution in [0, 0.1) is 0 Å². The van der Waals surface area contributed by atoms with Gasteiger partial charge in [0.05, 0.1) is 0 Å². The van der Waals surface area contributed by atoms with Crippen molar-refractivity contribution in [2.24, 2.45) is 0 Å². The number of anilines is 2. The number of rotatable bonds is 9. The molecule has 1 aliphatic rings. The predicted molar refractivity (Wildman–Crippen MR) is 128 cm³/mol. The fraction of sp³-hybridized carbons (Fsp3) is 0.240. The number of carbonyl (C=O) groups excluding carboxylic acids is 1. The SMILES string of the molecule is O=C(Nc1ccc(OCCN2CCCC2)cc1)Nc1ccc(Oc2ccnc(C(=O)O)c2)cc1. The highest BCUT2D eigenvalue weighted by Crippen LogP contribution is 2.23. The number of hydrogen-bond acceptors (Lipinski definition) is 6. The molecule has 0 saturated carbocycles. The van der Waals surface area contributed by atoms with Gasteiger partial charge in [0.25, 0.3) is 0 Å². The molecule has 1 saturated heterocycles. The Morgan fingerprint density at radius 1 is 0.882 bits per heavy atom. The number of nitrogens with zero attached hydrogens (tertiary/aromatic N) is 2. The standard InChI is InChI=1S/C25H26N4O5/c30-24(31)23-17-22(11-12-26-23)34-21-9-5-19(6-10-21)28-25(32)27-18-3-7-20(8-4-18)33-16-15-29-13-1-2-14-29/h3-12,17H,1-2,13-16H2,(H,30,31)(H2,27,28,32). The summed E-state index contributed by atoms with van der Waals surface area (Å²) in [5.41, 5.74) is 1.12. The van der Waals surface area contributed by atoms with Crippen LogP contribution in [0.3, 0.4) is 0 Å². The van der Waals surface area contributed by atoms with Crippen LogP contribution in [0.15, 0.2) is 66.9 Å². The van der Waals surface area contributed by atoms with Crippen molar-refractivity contribution >= 4 is 23.4 Å². The predicted octanol–water partition coefficient (Wildman–Crippen LogP) is 4.69. The largest absolute Gasteiger partial charge is 0.492 e. The molecule has 0 aliphatic carbocycles. The van der Waals surface area contributed by atoms with Crippen molar-refractivity contribution in [2.45, 2.75) is 12.8 Å². The zero-order valence-electron chi connectivity index (χ0n) is 18.6. The van der Waals surface area contributed by atoms with E-state index in [4.69, 9.17) is 14.6 Å². The van der Waals surface area contributed by atoms with E-state index in [1.807, 2.05) is 12.1 Å². The van der Waals surface area contributed by atoms with E-state index in [2.05, 4.69) is 20.5 Å². The van der Waals surface area contributed by atoms with Gasteiger partial charge >= 0.3 is 12.0 Å². The highest BCUT2D eigenvalue weighted by Gasteiger charge is 2.11. The number of carbonyl (C=O) groups is 2. The first-order valence-electron chi connectivity index (χ1n) is 11.1. The van der Waals surface area contributed by atoms with Gasteiger partial charge in [0.2, 0.25) is 0 Å². The zero-order valence-corrected chi connectivity index (χ0v) is 18.6. The lowest BCUT2D eigenvalue weighted by atomic mass is 10.3. The normalized spacial score (nSPS) is 13.3. The number of hydrogen-bond donors (Lipinski definition) is 3. The molecule has 0 unspecified atom stereocenters. The van der Waals surface area contributed by atoms with Crippen LogP contribution >= 0.6 is 0 Å². The quantitative estimate of drug-likeness (QED) is 0.423. The van der Waals surface area contributed by atoms with Gasteiger partial charge in [0.1, 0.15) is 23.9 Å². The van der Waals surface area contributed by atoms with Gasteiger partial charge in [0, 0.05) is 30.2 Å². The molecule has 1 fully saturated rings. The number of benzene rings is 2. The molecule has 2 heterocycles. The number of amides is 2. The Kier molecular flexibility index (Phi) is 7.56. The van der Waals surface area contributed by atoms with Crippen molar-refractivity contribution in [3.05, 3.63) is 72.6 Å². The summed E-state index contributed by atoms with van der Waals surface area (Å²) in [6, 6.07) is 16.5. The maximum atomic E-state index is 12.3. The molecule has 2 aromatic carbocycles. The van der Waals surface area contributed by atoms with Crippen molar-refractivity contribution in [3.63, 3.8) is 0 Å². The monoisotopic (exact) mass is 462 g/mol. The summed E-state index contributed by atoms with van der Waals surface area (Å²) in [6.07, 6.45) is 3.90. The molecule has 0 bridgehead atoms. The molecule has 34 heavy (non-hydrogen) atoms. The van der Waals surface area contributed by atoms with Crippen LogP contribution in [0.5, 0.6) is 17.2 Å². The number of nitrogens with one attached hydrogen (secondary N) is 2. The molecule has 1 aliphatic heterocycles. The third kappa shape index (κ3) is 6.69. The van der Waals surface area contributed by atoms with E-state index in [9.17, 15) is 9.59 Å². The summed E-state index contributed by atoms with van der Waals surface area (Å²) >= 11 is 0. The summed E-state index contributed by atoms with van der Waals surface area (Å²) in [5.74, 6) is 0.490. The minimum atomic E-state index is -1.13. The second kappa shape index (κ2) is 11.2. The molecule has 9 nitrogen and oxygen atoms in total. The summed E-state index contributed by atoms with van der Waals surface area (Å²) in [7, 11) is 0. The van der Waals surface area contributed by atoms with Crippen LogP contribution in [-0.4, -0.2) is 53.2 Å². The van der Waals surface area contributed by atoms with Crippen molar-refractivity contribution < 1.29 is 24.2 Å². The molecule has 1 aromatic heterocycles. The highest BCUT2D eigenvalue weighted by molar-refractivity contribution is 5.99. The van der Waals surface area contributed by atoms with Gasteiger partial charge in [0.15, 0.2) is 5.69 Å². The van der Waals surface area contributed by atoms with E-state index in [0.29, 0.717) is 29.5 Å².